The van der Waals surface area contributed by atoms with Crippen LogP contribution in [0.25, 0.3) is 0 Å². The van der Waals surface area contributed by atoms with Gasteiger partial charge in [0.15, 0.2) is 6.61 Å². The normalized spacial score (nSPS) is 11.4. The van der Waals surface area contributed by atoms with Crippen molar-refractivity contribution in [3.63, 3.8) is 0 Å². The van der Waals surface area contributed by atoms with E-state index in [-0.39, 0.29) is 6.04 Å². The van der Waals surface area contributed by atoms with Crippen molar-refractivity contribution < 1.29 is 27.5 Å². The van der Waals surface area contributed by atoms with Crippen LogP contribution in [0.5, 0.6) is 0 Å². The number of hydrogen-bond acceptors (Lipinski definition) is 4. The first-order valence-electron chi connectivity index (χ1n) is 6.43. The monoisotopic (exact) mass is 354 g/mol. The van der Waals surface area contributed by atoms with Gasteiger partial charge in [-0.2, -0.15) is 13.2 Å². The molecule has 0 saturated carbocycles. The molecular formula is C13H14ClF3N2O4. The smallest absolute Gasteiger partial charge is 0.417 e. The number of aromatic nitrogens is 1. The van der Waals surface area contributed by atoms with Gasteiger partial charge in [-0.1, -0.05) is 11.6 Å². The average Bonchev–Trinajstić information content (AvgIpc) is 2.39. The van der Waals surface area contributed by atoms with Gasteiger partial charge < -0.3 is 14.6 Å². The lowest BCUT2D eigenvalue weighted by Crippen LogP contribution is -2.35. The quantitative estimate of drug-likeness (QED) is 0.815. The summed E-state index contributed by atoms with van der Waals surface area (Å²) in [6.07, 6.45) is -4.26. The number of nitrogens with one attached hydrogen (secondary N) is 1. The van der Waals surface area contributed by atoms with Gasteiger partial charge in [0.05, 0.1) is 5.56 Å². The lowest BCUT2D eigenvalue weighted by Gasteiger charge is -2.12. The number of alkyl halides is 3. The standard InChI is InChI=1S/C13H14ClF3N2O4/c1-7(2)18-10(20)6-23-11(21)5-19-4-8(13(15,16)17)3-9(14)12(19)22/h3-4,7H,5-6H2,1-2H3,(H,18,20). The highest BCUT2D eigenvalue weighted by molar-refractivity contribution is 6.30. The van der Waals surface area contributed by atoms with E-state index in [1.165, 1.54) is 0 Å². The highest BCUT2D eigenvalue weighted by Crippen LogP contribution is 2.29. The predicted octanol–water partition coefficient (Wildman–Crippen LogP) is 1.59. The summed E-state index contributed by atoms with van der Waals surface area (Å²) in [6, 6.07) is 0.313. The predicted molar refractivity (Wildman–Crippen MR) is 75.0 cm³/mol. The molecule has 1 heterocycles. The summed E-state index contributed by atoms with van der Waals surface area (Å²) in [6.45, 7) is 2.00. The summed E-state index contributed by atoms with van der Waals surface area (Å²) in [7, 11) is 0. The van der Waals surface area contributed by atoms with E-state index in [1.54, 1.807) is 13.8 Å². The maximum absolute atomic E-state index is 12.6. The fraction of sp³-hybridized carbons (Fsp3) is 0.462. The SMILES string of the molecule is CC(C)NC(=O)COC(=O)Cn1cc(C(F)(F)F)cc(Cl)c1=O. The third-order valence-corrected chi connectivity index (χ3v) is 2.75. The Morgan fingerprint density at radius 2 is 2.00 bits per heavy atom. The van der Waals surface area contributed by atoms with Gasteiger partial charge in [-0.05, 0) is 19.9 Å². The molecule has 0 aliphatic rings. The van der Waals surface area contributed by atoms with Gasteiger partial charge in [-0.25, -0.2) is 0 Å². The van der Waals surface area contributed by atoms with Crippen LogP contribution in [0.4, 0.5) is 13.2 Å². The van der Waals surface area contributed by atoms with Crippen LogP contribution in [0.2, 0.25) is 5.02 Å². The van der Waals surface area contributed by atoms with Gasteiger partial charge in [0.25, 0.3) is 11.5 Å². The van der Waals surface area contributed by atoms with E-state index in [0.717, 1.165) is 0 Å². The van der Waals surface area contributed by atoms with Crippen LogP contribution in [0, 0.1) is 0 Å². The molecule has 0 bridgehead atoms. The summed E-state index contributed by atoms with van der Waals surface area (Å²) in [5, 5.41) is 1.78. The minimum atomic E-state index is -4.72. The number of nitrogens with zero attached hydrogens (tertiary/aromatic N) is 1. The Morgan fingerprint density at radius 1 is 1.39 bits per heavy atom. The van der Waals surface area contributed by atoms with Crippen molar-refractivity contribution in [2.24, 2.45) is 0 Å². The molecule has 0 aromatic carbocycles. The number of ether oxygens (including phenoxy) is 1. The molecule has 0 atom stereocenters. The highest BCUT2D eigenvalue weighted by Gasteiger charge is 2.32. The maximum atomic E-state index is 12.6. The van der Waals surface area contributed by atoms with Crippen molar-refractivity contribution in [3.8, 4) is 0 Å². The number of carbonyl (C=O) groups is 2. The number of carbonyl (C=O) groups excluding carboxylic acids is 2. The second-order valence-corrected chi connectivity index (χ2v) is 5.30. The Morgan fingerprint density at radius 3 is 2.52 bits per heavy atom. The molecule has 0 unspecified atom stereocenters. The minimum absolute atomic E-state index is 0.161. The Kier molecular flexibility index (Phi) is 6.20. The Bertz CT molecular complexity index is 656. The minimum Gasteiger partial charge on any atom is -0.454 e. The lowest BCUT2D eigenvalue weighted by molar-refractivity contribution is -0.149. The van der Waals surface area contributed by atoms with E-state index in [2.05, 4.69) is 10.1 Å². The summed E-state index contributed by atoms with van der Waals surface area (Å²) in [4.78, 5) is 34.5. The van der Waals surface area contributed by atoms with E-state index in [1.807, 2.05) is 0 Å². The van der Waals surface area contributed by atoms with Crippen LogP contribution >= 0.6 is 11.6 Å². The highest BCUT2D eigenvalue weighted by atomic mass is 35.5. The molecule has 1 rings (SSSR count). The molecule has 1 aromatic rings. The summed E-state index contributed by atoms with van der Waals surface area (Å²) >= 11 is 5.44. The first kappa shape index (κ1) is 19.0. The molecule has 0 fully saturated rings. The molecule has 0 spiro atoms. The van der Waals surface area contributed by atoms with Crippen molar-refractivity contribution in [1.82, 2.24) is 9.88 Å². The van der Waals surface area contributed by atoms with Gasteiger partial charge in [-0.3, -0.25) is 14.4 Å². The first-order valence-corrected chi connectivity index (χ1v) is 6.80. The molecule has 23 heavy (non-hydrogen) atoms. The van der Waals surface area contributed by atoms with Crippen molar-refractivity contribution in [2.45, 2.75) is 32.6 Å². The molecule has 1 aromatic heterocycles. The second-order valence-electron chi connectivity index (χ2n) is 4.89. The van der Waals surface area contributed by atoms with Gasteiger partial charge in [0.1, 0.15) is 11.6 Å². The Labute approximate surface area is 134 Å². The summed E-state index contributed by atoms with van der Waals surface area (Å²) in [5.41, 5.74) is -2.14. The molecule has 6 nitrogen and oxygen atoms in total. The van der Waals surface area contributed by atoms with Gasteiger partial charge in [-0.15, -0.1) is 0 Å². The first-order chi connectivity index (χ1) is 10.5. The zero-order valence-electron chi connectivity index (χ0n) is 12.2. The molecule has 10 heteroatoms. The van der Waals surface area contributed by atoms with Crippen molar-refractivity contribution >= 4 is 23.5 Å². The van der Waals surface area contributed by atoms with E-state index < -0.39 is 47.3 Å². The number of hydrogen-bond donors (Lipinski definition) is 1. The fourth-order valence-electron chi connectivity index (χ4n) is 1.57. The zero-order chi connectivity index (χ0) is 17.8. The van der Waals surface area contributed by atoms with E-state index in [4.69, 9.17) is 11.6 Å². The summed E-state index contributed by atoms with van der Waals surface area (Å²) < 4.78 is 43.0. The topological polar surface area (TPSA) is 77.4 Å². The molecule has 0 radical (unpaired) electrons. The zero-order valence-corrected chi connectivity index (χ0v) is 13.0. The number of amides is 1. The van der Waals surface area contributed by atoms with Crippen LogP contribution in [0.3, 0.4) is 0 Å². The Balaban J connectivity index is 2.80. The van der Waals surface area contributed by atoms with Crippen LogP contribution in [-0.4, -0.2) is 29.1 Å². The number of esters is 1. The lowest BCUT2D eigenvalue weighted by atomic mass is 10.2. The molecular weight excluding hydrogens is 341 g/mol. The fourth-order valence-corrected chi connectivity index (χ4v) is 1.79. The maximum Gasteiger partial charge on any atom is 0.417 e. The molecule has 0 aliphatic carbocycles. The average molecular weight is 355 g/mol. The molecule has 1 N–H and O–H groups in total. The molecule has 0 aliphatic heterocycles. The largest absolute Gasteiger partial charge is 0.454 e. The van der Waals surface area contributed by atoms with Crippen LogP contribution in [-0.2, 0) is 27.0 Å². The summed E-state index contributed by atoms with van der Waals surface area (Å²) in [5.74, 6) is -1.61. The third kappa shape index (κ3) is 5.93. The second kappa shape index (κ2) is 7.49. The van der Waals surface area contributed by atoms with Crippen LogP contribution in [0.1, 0.15) is 19.4 Å². The van der Waals surface area contributed by atoms with E-state index >= 15 is 0 Å². The third-order valence-electron chi connectivity index (χ3n) is 2.48. The van der Waals surface area contributed by atoms with E-state index in [9.17, 15) is 27.6 Å². The number of pyridine rings is 1. The van der Waals surface area contributed by atoms with Crippen molar-refractivity contribution in [1.29, 1.82) is 0 Å². The van der Waals surface area contributed by atoms with Crippen LogP contribution in [0.15, 0.2) is 17.1 Å². The van der Waals surface area contributed by atoms with Crippen molar-refractivity contribution in [3.05, 3.63) is 33.2 Å². The van der Waals surface area contributed by atoms with Gasteiger partial charge >= 0.3 is 12.1 Å². The van der Waals surface area contributed by atoms with E-state index in [0.29, 0.717) is 16.8 Å². The van der Waals surface area contributed by atoms with Gasteiger partial charge in [0, 0.05) is 12.2 Å². The van der Waals surface area contributed by atoms with Crippen LogP contribution < -0.4 is 10.9 Å². The Hall–Kier alpha value is -2.03. The number of halogens is 4. The molecule has 1 amide bonds. The van der Waals surface area contributed by atoms with Gasteiger partial charge in [0.2, 0.25) is 0 Å². The number of rotatable bonds is 5. The molecule has 0 saturated heterocycles. The van der Waals surface area contributed by atoms with Crippen molar-refractivity contribution in [2.75, 3.05) is 6.61 Å². The molecule has 128 valence electrons.